The summed E-state index contributed by atoms with van der Waals surface area (Å²) in [4.78, 5) is 10.9. The molecule has 16 heavy (non-hydrogen) atoms. The Labute approximate surface area is 95.1 Å². The average Bonchev–Trinajstić information content (AvgIpc) is 2.76. The van der Waals surface area contributed by atoms with Gasteiger partial charge in [-0.05, 0) is 29.7 Å². The highest BCUT2D eigenvalue weighted by molar-refractivity contribution is 5.72. The van der Waals surface area contributed by atoms with Gasteiger partial charge in [-0.25, -0.2) is 0 Å². The number of hydrogen-bond donors (Lipinski definition) is 1. The highest BCUT2D eigenvalue weighted by Crippen LogP contribution is 2.23. The zero-order chi connectivity index (χ0) is 11.4. The third-order valence-corrected chi connectivity index (χ3v) is 2.66. The van der Waals surface area contributed by atoms with Crippen LogP contribution in [0.5, 0.6) is 0 Å². The van der Waals surface area contributed by atoms with Gasteiger partial charge in [0.15, 0.2) is 0 Å². The molecule has 0 amide bonds. The molecule has 1 aliphatic rings. The summed E-state index contributed by atoms with van der Waals surface area (Å²) in [5.41, 5.74) is 3.71. The largest absolute Gasteiger partial charge is 0.469 e. The molecule has 0 spiro atoms. The van der Waals surface area contributed by atoms with E-state index >= 15 is 0 Å². The van der Waals surface area contributed by atoms with Gasteiger partial charge in [0.1, 0.15) is 0 Å². The lowest BCUT2D eigenvalue weighted by Gasteiger charge is -2.00. The van der Waals surface area contributed by atoms with Crippen molar-refractivity contribution in [1.82, 2.24) is 0 Å². The first-order chi connectivity index (χ1) is 7.79. The van der Waals surface area contributed by atoms with E-state index in [2.05, 4.69) is 22.2 Å². The van der Waals surface area contributed by atoms with Crippen LogP contribution in [0.4, 0.5) is 5.69 Å². The number of anilines is 1. The van der Waals surface area contributed by atoms with Crippen LogP contribution in [-0.4, -0.2) is 19.6 Å². The Hall–Kier alpha value is -1.77. The lowest BCUT2D eigenvalue weighted by atomic mass is 10.1. The highest BCUT2D eigenvalue weighted by atomic mass is 16.5. The van der Waals surface area contributed by atoms with E-state index in [0.29, 0.717) is 6.42 Å². The molecular weight excluding hydrogens is 202 g/mol. The van der Waals surface area contributed by atoms with Crippen LogP contribution in [0.3, 0.4) is 0 Å². The van der Waals surface area contributed by atoms with E-state index < -0.39 is 0 Å². The van der Waals surface area contributed by atoms with Crippen molar-refractivity contribution in [2.75, 3.05) is 19.0 Å². The fourth-order valence-corrected chi connectivity index (χ4v) is 1.80. The van der Waals surface area contributed by atoms with Crippen LogP contribution in [0.25, 0.3) is 6.08 Å². The number of methoxy groups -OCH3 is 1. The average molecular weight is 217 g/mol. The maximum atomic E-state index is 10.9. The Balaban J connectivity index is 2.02. The molecule has 0 unspecified atom stereocenters. The van der Waals surface area contributed by atoms with Crippen molar-refractivity contribution in [2.24, 2.45) is 0 Å². The third kappa shape index (κ3) is 2.42. The Morgan fingerprint density at radius 3 is 3.25 bits per heavy atom. The number of hydrogen-bond acceptors (Lipinski definition) is 3. The van der Waals surface area contributed by atoms with E-state index in [1.165, 1.54) is 18.4 Å². The number of nitrogens with one attached hydrogen (secondary N) is 1. The zero-order valence-electron chi connectivity index (χ0n) is 9.32. The smallest absolute Gasteiger partial charge is 0.309 e. The standard InChI is InChI=1S/C13H15NO2/c1-16-13(15)4-2-3-10-5-6-12-11(9-10)7-8-14-12/h2-3,5-6,9,14H,4,7-8H2,1H3. The normalized spacial score (nSPS) is 13.6. The molecule has 0 bridgehead atoms. The lowest BCUT2D eigenvalue weighted by molar-refractivity contribution is -0.139. The first-order valence-corrected chi connectivity index (χ1v) is 5.40. The molecule has 1 N–H and O–H groups in total. The minimum atomic E-state index is -0.209. The molecule has 0 saturated carbocycles. The molecule has 0 fully saturated rings. The summed E-state index contributed by atoms with van der Waals surface area (Å²) < 4.78 is 4.56. The van der Waals surface area contributed by atoms with E-state index in [0.717, 1.165) is 18.5 Å². The molecule has 1 aromatic carbocycles. The second kappa shape index (κ2) is 4.84. The number of esters is 1. The van der Waals surface area contributed by atoms with Gasteiger partial charge >= 0.3 is 5.97 Å². The van der Waals surface area contributed by atoms with Crippen LogP contribution in [0, 0.1) is 0 Å². The summed E-state index contributed by atoms with van der Waals surface area (Å²) in [5.74, 6) is -0.209. The Bertz CT molecular complexity index is 424. The fraction of sp³-hybridized carbons (Fsp3) is 0.308. The second-order valence-electron chi connectivity index (χ2n) is 3.78. The van der Waals surface area contributed by atoms with Gasteiger partial charge in [-0.15, -0.1) is 0 Å². The third-order valence-electron chi connectivity index (χ3n) is 2.66. The van der Waals surface area contributed by atoms with Crippen molar-refractivity contribution in [3.05, 3.63) is 35.4 Å². The molecule has 0 saturated heterocycles. The van der Waals surface area contributed by atoms with Crippen molar-refractivity contribution in [2.45, 2.75) is 12.8 Å². The Kier molecular flexibility index (Phi) is 3.25. The second-order valence-corrected chi connectivity index (χ2v) is 3.78. The van der Waals surface area contributed by atoms with Crippen molar-refractivity contribution in [1.29, 1.82) is 0 Å². The van der Waals surface area contributed by atoms with Crippen LogP contribution >= 0.6 is 0 Å². The predicted octanol–water partition coefficient (Wildman–Crippen LogP) is 2.23. The quantitative estimate of drug-likeness (QED) is 0.789. The molecule has 0 radical (unpaired) electrons. The van der Waals surface area contributed by atoms with E-state index in [4.69, 9.17) is 0 Å². The minimum Gasteiger partial charge on any atom is -0.469 e. The molecular formula is C13H15NO2. The topological polar surface area (TPSA) is 38.3 Å². The zero-order valence-corrected chi connectivity index (χ0v) is 9.32. The molecule has 0 atom stereocenters. The SMILES string of the molecule is COC(=O)CC=Cc1ccc2c(c1)CCN2. The van der Waals surface area contributed by atoms with E-state index in [1.807, 2.05) is 18.2 Å². The van der Waals surface area contributed by atoms with Crippen LogP contribution in [0.15, 0.2) is 24.3 Å². The van der Waals surface area contributed by atoms with Crippen molar-refractivity contribution >= 4 is 17.7 Å². The summed E-state index contributed by atoms with van der Waals surface area (Å²) in [7, 11) is 1.40. The number of ether oxygens (including phenoxy) is 1. The van der Waals surface area contributed by atoms with E-state index in [9.17, 15) is 4.79 Å². The van der Waals surface area contributed by atoms with Crippen LogP contribution < -0.4 is 5.32 Å². The van der Waals surface area contributed by atoms with Gasteiger partial charge in [0.05, 0.1) is 13.5 Å². The molecule has 0 aromatic heterocycles. The number of carbonyl (C=O) groups excluding carboxylic acids is 1. The predicted molar refractivity (Wildman–Crippen MR) is 64.3 cm³/mol. The Morgan fingerprint density at radius 2 is 2.44 bits per heavy atom. The van der Waals surface area contributed by atoms with Crippen LogP contribution in [-0.2, 0) is 16.0 Å². The van der Waals surface area contributed by atoms with Gasteiger partial charge < -0.3 is 10.1 Å². The first-order valence-electron chi connectivity index (χ1n) is 5.40. The molecule has 2 rings (SSSR count). The molecule has 1 aromatic rings. The molecule has 3 nitrogen and oxygen atoms in total. The van der Waals surface area contributed by atoms with Crippen molar-refractivity contribution < 1.29 is 9.53 Å². The van der Waals surface area contributed by atoms with Gasteiger partial charge in [0.25, 0.3) is 0 Å². The van der Waals surface area contributed by atoms with Gasteiger partial charge in [-0.3, -0.25) is 4.79 Å². The van der Waals surface area contributed by atoms with Crippen LogP contribution in [0.2, 0.25) is 0 Å². The molecule has 1 aliphatic heterocycles. The maximum absolute atomic E-state index is 10.9. The molecule has 1 heterocycles. The number of benzene rings is 1. The maximum Gasteiger partial charge on any atom is 0.309 e. The number of fused-ring (bicyclic) bond motifs is 1. The minimum absolute atomic E-state index is 0.209. The summed E-state index contributed by atoms with van der Waals surface area (Å²) in [5, 5.41) is 3.31. The summed E-state index contributed by atoms with van der Waals surface area (Å²) in [6.45, 7) is 1.02. The Morgan fingerprint density at radius 1 is 1.56 bits per heavy atom. The number of rotatable bonds is 3. The van der Waals surface area contributed by atoms with Crippen LogP contribution in [0.1, 0.15) is 17.5 Å². The van der Waals surface area contributed by atoms with E-state index in [-0.39, 0.29) is 5.97 Å². The summed E-state index contributed by atoms with van der Waals surface area (Å²) >= 11 is 0. The monoisotopic (exact) mass is 217 g/mol. The molecule has 0 aliphatic carbocycles. The van der Waals surface area contributed by atoms with Gasteiger partial charge in [-0.1, -0.05) is 18.2 Å². The summed E-state index contributed by atoms with van der Waals surface area (Å²) in [6.07, 6.45) is 5.19. The summed E-state index contributed by atoms with van der Waals surface area (Å²) in [6, 6.07) is 6.29. The van der Waals surface area contributed by atoms with Gasteiger partial charge in [0.2, 0.25) is 0 Å². The molecule has 84 valence electrons. The lowest BCUT2D eigenvalue weighted by Crippen LogP contribution is -1.96. The first kappa shape index (κ1) is 10.7. The molecule has 3 heteroatoms. The fourth-order valence-electron chi connectivity index (χ4n) is 1.80. The number of carbonyl (C=O) groups is 1. The highest BCUT2D eigenvalue weighted by Gasteiger charge is 2.08. The van der Waals surface area contributed by atoms with Gasteiger partial charge in [0, 0.05) is 12.2 Å². The van der Waals surface area contributed by atoms with E-state index in [1.54, 1.807) is 0 Å². The van der Waals surface area contributed by atoms with Crippen molar-refractivity contribution in [3.63, 3.8) is 0 Å². The van der Waals surface area contributed by atoms with Crippen molar-refractivity contribution in [3.8, 4) is 0 Å². The van der Waals surface area contributed by atoms with Gasteiger partial charge in [-0.2, -0.15) is 0 Å².